The van der Waals surface area contributed by atoms with E-state index in [-0.39, 0.29) is 5.56 Å². The van der Waals surface area contributed by atoms with Crippen molar-refractivity contribution in [2.45, 2.75) is 32.2 Å². The molecule has 1 saturated heterocycles. The molecule has 6 heteroatoms. The quantitative estimate of drug-likeness (QED) is 0.784. The third-order valence-electron chi connectivity index (χ3n) is 4.46. The van der Waals surface area contributed by atoms with Gasteiger partial charge in [-0.05, 0) is 43.7 Å². The van der Waals surface area contributed by atoms with Gasteiger partial charge >= 0.3 is 0 Å². The number of pyridine rings is 1. The van der Waals surface area contributed by atoms with E-state index in [2.05, 4.69) is 26.8 Å². The van der Waals surface area contributed by atoms with Gasteiger partial charge in [-0.3, -0.25) is 9.78 Å². The second-order valence-electron chi connectivity index (χ2n) is 5.96. The van der Waals surface area contributed by atoms with Crippen LogP contribution in [0.5, 0.6) is 0 Å². The highest BCUT2D eigenvalue weighted by Crippen LogP contribution is 2.29. The van der Waals surface area contributed by atoms with Crippen molar-refractivity contribution in [3.63, 3.8) is 0 Å². The van der Waals surface area contributed by atoms with Gasteiger partial charge in [-0.15, -0.1) is 11.3 Å². The van der Waals surface area contributed by atoms with Crippen LogP contribution in [0.4, 0.5) is 5.95 Å². The number of nitrogens with one attached hydrogen (secondary N) is 1. The fourth-order valence-corrected chi connectivity index (χ4v) is 4.00. The molecule has 0 aliphatic carbocycles. The first kappa shape index (κ1) is 14.4. The summed E-state index contributed by atoms with van der Waals surface area (Å²) >= 11 is 1.61. The van der Waals surface area contributed by atoms with Crippen molar-refractivity contribution in [3.05, 3.63) is 40.1 Å². The summed E-state index contributed by atoms with van der Waals surface area (Å²) in [6.45, 7) is 3.11. The highest BCUT2D eigenvalue weighted by atomic mass is 32.1. The molecule has 3 aromatic rings. The van der Waals surface area contributed by atoms with Crippen LogP contribution in [-0.4, -0.2) is 27.5 Å². The van der Waals surface area contributed by atoms with Crippen molar-refractivity contribution in [1.29, 1.82) is 0 Å². The number of H-pyrrole nitrogens is 1. The zero-order valence-corrected chi connectivity index (χ0v) is 13.8. The van der Waals surface area contributed by atoms with Crippen LogP contribution in [0.15, 0.2) is 34.6 Å². The highest BCUT2D eigenvalue weighted by Gasteiger charge is 2.22. The third kappa shape index (κ3) is 2.53. The lowest BCUT2D eigenvalue weighted by atomic mass is 10.0. The molecule has 23 heavy (non-hydrogen) atoms. The van der Waals surface area contributed by atoms with E-state index in [0.717, 1.165) is 29.8 Å². The van der Waals surface area contributed by atoms with Gasteiger partial charge in [0, 0.05) is 29.2 Å². The normalized spacial score (nSPS) is 18.5. The second kappa shape index (κ2) is 5.77. The van der Waals surface area contributed by atoms with E-state index >= 15 is 0 Å². The van der Waals surface area contributed by atoms with Crippen molar-refractivity contribution < 1.29 is 0 Å². The molecule has 0 aromatic carbocycles. The molecule has 5 nitrogen and oxygen atoms in total. The zero-order valence-electron chi connectivity index (χ0n) is 13.0. The fourth-order valence-electron chi connectivity index (χ4n) is 3.24. The number of thiophene rings is 1. The van der Waals surface area contributed by atoms with E-state index < -0.39 is 0 Å². The third-order valence-corrected chi connectivity index (χ3v) is 5.36. The maximum Gasteiger partial charge on any atom is 0.262 e. The summed E-state index contributed by atoms with van der Waals surface area (Å²) in [5.41, 5.74) is 1.31. The molecule has 0 bridgehead atoms. The van der Waals surface area contributed by atoms with E-state index in [1.807, 2.05) is 23.6 Å². The van der Waals surface area contributed by atoms with Gasteiger partial charge < -0.3 is 4.90 Å². The van der Waals surface area contributed by atoms with Crippen LogP contribution in [-0.2, 0) is 0 Å². The molecule has 0 amide bonds. The molecule has 0 radical (unpaired) electrons. The van der Waals surface area contributed by atoms with Gasteiger partial charge in [-0.1, -0.05) is 6.07 Å². The molecule has 4 heterocycles. The lowest BCUT2D eigenvalue weighted by Gasteiger charge is -2.33. The van der Waals surface area contributed by atoms with Gasteiger partial charge in [0.1, 0.15) is 0 Å². The molecule has 1 atom stereocenters. The van der Waals surface area contributed by atoms with Crippen molar-refractivity contribution in [1.82, 2.24) is 15.0 Å². The number of fused-ring (bicyclic) bond motifs is 1. The van der Waals surface area contributed by atoms with Gasteiger partial charge in [0.05, 0.1) is 5.39 Å². The SMILES string of the molecule is CC1CCCCN1c1nc2nccc(-c3cccs3)c2c(=O)[nH]1. The van der Waals surface area contributed by atoms with Crippen LogP contribution in [0.2, 0.25) is 0 Å². The van der Waals surface area contributed by atoms with Crippen molar-refractivity contribution in [2.75, 3.05) is 11.4 Å². The number of hydrogen-bond acceptors (Lipinski definition) is 5. The Morgan fingerprint density at radius 3 is 3.04 bits per heavy atom. The smallest absolute Gasteiger partial charge is 0.262 e. The molecule has 0 spiro atoms. The van der Waals surface area contributed by atoms with Crippen LogP contribution in [0.25, 0.3) is 21.5 Å². The van der Waals surface area contributed by atoms with E-state index in [9.17, 15) is 4.79 Å². The van der Waals surface area contributed by atoms with Crippen molar-refractivity contribution in [2.24, 2.45) is 0 Å². The Morgan fingerprint density at radius 2 is 2.26 bits per heavy atom. The molecule has 0 saturated carbocycles. The summed E-state index contributed by atoms with van der Waals surface area (Å²) in [6.07, 6.45) is 5.22. The zero-order chi connectivity index (χ0) is 15.8. The van der Waals surface area contributed by atoms with Gasteiger partial charge in [-0.25, -0.2) is 4.98 Å². The first-order chi connectivity index (χ1) is 11.2. The van der Waals surface area contributed by atoms with E-state index in [1.54, 1.807) is 17.5 Å². The Hall–Kier alpha value is -2.21. The number of nitrogens with zero attached hydrogens (tertiary/aromatic N) is 3. The lowest BCUT2D eigenvalue weighted by Crippen LogP contribution is -2.39. The summed E-state index contributed by atoms with van der Waals surface area (Å²) < 4.78 is 0. The predicted octanol–water partition coefficient (Wildman–Crippen LogP) is 3.43. The largest absolute Gasteiger partial charge is 0.340 e. The number of hydrogen-bond donors (Lipinski definition) is 1. The molecule has 4 rings (SSSR count). The highest BCUT2D eigenvalue weighted by molar-refractivity contribution is 7.13. The maximum absolute atomic E-state index is 12.7. The fraction of sp³-hybridized carbons (Fsp3) is 0.353. The summed E-state index contributed by atoms with van der Waals surface area (Å²) in [5, 5.41) is 2.58. The number of piperidine rings is 1. The van der Waals surface area contributed by atoms with E-state index in [1.165, 1.54) is 6.42 Å². The molecule has 1 unspecified atom stereocenters. The van der Waals surface area contributed by atoms with Gasteiger partial charge in [0.25, 0.3) is 5.56 Å². The Kier molecular flexibility index (Phi) is 3.61. The average Bonchev–Trinajstić information content (AvgIpc) is 3.09. The van der Waals surface area contributed by atoms with Crippen LogP contribution in [0, 0.1) is 0 Å². The number of rotatable bonds is 2. The second-order valence-corrected chi connectivity index (χ2v) is 6.91. The molecule has 1 aliphatic rings. The lowest BCUT2D eigenvalue weighted by molar-refractivity contribution is 0.477. The van der Waals surface area contributed by atoms with Crippen molar-refractivity contribution >= 4 is 28.3 Å². The van der Waals surface area contributed by atoms with Gasteiger partial charge in [-0.2, -0.15) is 4.98 Å². The van der Waals surface area contributed by atoms with Crippen molar-refractivity contribution in [3.8, 4) is 10.4 Å². The molecule has 3 aromatic heterocycles. The minimum absolute atomic E-state index is 0.112. The van der Waals surface area contributed by atoms with Gasteiger partial charge in [0.2, 0.25) is 5.95 Å². The molecule has 1 aliphatic heterocycles. The van der Waals surface area contributed by atoms with Crippen LogP contribution >= 0.6 is 11.3 Å². The molecule has 1 fully saturated rings. The Bertz CT molecular complexity index is 887. The van der Waals surface area contributed by atoms with E-state index in [4.69, 9.17) is 0 Å². The van der Waals surface area contributed by atoms with Crippen LogP contribution in [0.1, 0.15) is 26.2 Å². The summed E-state index contributed by atoms with van der Waals surface area (Å²) in [5.74, 6) is 0.644. The minimum atomic E-state index is -0.112. The van der Waals surface area contributed by atoms with Crippen LogP contribution in [0.3, 0.4) is 0 Å². The number of anilines is 1. The summed E-state index contributed by atoms with van der Waals surface area (Å²) in [7, 11) is 0. The first-order valence-corrected chi connectivity index (χ1v) is 8.81. The Labute approximate surface area is 138 Å². The molecular formula is C17H18N4OS. The topological polar surface area (TPSA) is 61.9 Å². The minimum Gasteiger partial charge on any atom is -0.340 e. The predicted molar refractivity (Wildman–Crippen MR) is 94.1 cm³/mol. The van der Waals surface area contributed by atoms with E-state index in [0.29, 0.717) is 23.0 Å². The number of aromatic nitrogens is 3. The standard InChI is InChI=1S/C17H18N4OS/c1-11-5-2-3-9-21(11)17-19-15-14(16(22)20-17)12(7-8-18-15)13-6-4-10-23-13/h4,6-8,10-11H,2-3,5,9H2,1H3,(H,18,19,20,22). The average molecular weight is 326 g/mol. The molecular weight excluding hydrogens is 308 g/mol. The monoisotopic (exact) mass is 326 g/mol. The van der Waals surface area contributed by atoms with Gasteiger partial charge in [0.15, 0.2) is 5.65 Å². The Morgan fingerprint density at radius 1 is 1.35 bits per heavy atom. The first-order valence-electron chi connectivity index (χ1n) is 7.93. The summed E-state index contributed by atoms with van der Waals surface area (Å²) in [4.78, 5) is 27.9. The molecule has 1 N–H and O–H groups in total. The maximum atomic E-state index is 12.7. The molecule has 118 valence electrons. The Balaban J connectivity index is 1.88. The number of aromatic amines is 1. The summed E-state index contributed by atoms with van der Waals surface area (Å²) in [6, 6.07) is 6.27. The van der Waals surface area contributed by atoms with Crippen LogP contribution < -0.4 is 10.5 Å².